The summed E-state index contributed by atoms with van der Waals surface area (Å²) in [6.45, 7) is 6.03. The van der Waals surface area contributed by atoms with Crippen LogP contribution in [0.1, 0.15) is 32.3 Å². The quantitative estimate of drug-likeness (QED) is 0.298. The number of carbonyl (C=O) groups is 1. The summed E-state index contributed by atoms with van der Waals surface area (Å²) < 4.78 is 5.83. The van der Waals surface area contributed by atoms with Gasteiger partial charge in [-0.25, -0.2) is 4.98 Å². The lowest BCUT2D eigenvalue weighted by atomic mass is 10.0. The number of thiazole rings is 1. The predicted molar refractivity (Wildman–Crippen MR) is 137 cm³/mol. The van der Waals surface area contributed by atoms with Crippen molar-refractivity contribution in [2.75, 3.05) is 5.32 Å². The molecular weight excluding hydrogens is 452 g/mol. The van der Waals surface area contributed by atoms with E-state index in [9.17, 15) is 4.79 Å². The summed E-state index contributed by atoms with van der Waals surface area (Å²) in [5.41, 5.74) is 4.58. The maximum Gasteiger partial charge on any atom is 0.265 e. The fourth-order valence-electron chi connectivity index (χ4n) is 3.35. The average molecular weight is 477 g/mol. The number of amides is 1. The van der Waals surface area contributed by atoms with Crippen molar-refractivity contribution < 1.29 is 9.53 Å². The number of halogens is 1. The van der Waals surface area contributed by atoms with Gasteiger partial charge in [0.25, 0.3) is 5.91 Å². The molecule has 0 aliphatic rings. The molecule has 1 amide bonds. The van der Waals surface area contributed by atoms with Crippen LogP contribution in [0.4, 0.5) is 5.69 Å². The van der Waals surface area contributed by atoms with E-state index in [1.807, 2.05) is 78.2 Å². The summed E-state index contributed by atoms with van der Waals surface area (Å²) in [7, 11) is 0. The van der Waals surface area contributed by atoms with Crippen molar-refractivity contribution in [1.29, 1.82) is 0 Å². The number of carbonyl (C=O) groups excluding carboxylic acids is 1. The Morgan fingerprint density at radius 2 is 1.76 bits per heavy atom. The summed E-state index contributed by atoms with van der Waals surface area (Å²) >= 11 is 7.85. The van der Waals surface area contributed by atoms with Gasteiger partial charge in [-0.2, -0.15) is 0 Å². The van der Waals surface area contributed by atoms with Crippen LogP contribution in [-0.2, 0) is 4.79 Å². The molecule has 0 fully saturated rings. The van der Waals surface area contributed by atoms with Gasteiger partial charge < -0.3 is 10.1 Å². The van der Waals surface area contributed by atoms with E-state index in [1.165, 1.54) is 16.9 Å². The highest BCUT2D eigenvalue weighted by atomic mass is 35.5. The summed E-state index contributed by atoms with van der Waals surface area (Å²) in [6, 6.07) is 23.1. The number of rotatable bonds is 7. The molecule has 4 rings (SSSR count). The Morgan fingerprint density at radius 3 is 2.48 bits per heavy atom. The Balaban J connectivity index is 1.44. The fraction of sp³-hybridized carbons (Fsp3) is 0.185. The highest BCUT2D eigenvalue weighted by Gasteiger charge is 2.16. The van der Waals surface area contributed by atoms with E-state index in [1.54, 1.807) is 6.92 Å². The van der Waals surface area contributed by atoms with Gasteiger partial charge in [0.2, 0.25) is 0 Å². The second kappa shape index (κ2) is 10.2. The van der Waals surface area contributed by atoms with Crippen molar-refractivity contribution in [3.05, 3.63) is 88.8 Å². The molecule has 0 aliphatic heterocycles. The van der Waals surface area contributed by atoms with Crippen molar-refractivity contribution >= 4 is 34.5 Å². The zero-order valence-corrected chi connectivity index (χ0v) is 20.3. The molecule has 0 aliphatic carbocycles. The maximum atomic E-state index is 12.7. The van der Waals surface area contributed by atoms with Crippen molar-refractivity contribution in [2.24, 2.45) is 0 Å². The second-order valence-corrected chi connectivity index (χ2v) is 9.34. The van der Waals surface area contributed by atoms with Crippen LogP contribution in [0.3, 0.4) is 0 Å². The second-order valence-electron chi connectivity index (χ2n) is 8.07. The van der Waals surface area contributed by atoms with Gasteiger partial charge in [0.05, 0.1) is 10.7 Å². The summed E-state index contributed by atoms with van der Waals surface area (Å²) in [4.78, 5) is 17.4. The number of ether oxygens (including phenoxy) is 1. The first-order valence-corrected chi connectivity index (χ1v) is 12.0. The van der Waals surface area contributed by atoms with Crippen molar-refractivity contribution in [1.82, 2.24) is 4.98 Å². The molecule has 1 N–H and O–H groups in total. The number of nitrogens with one attached hydrogen (secondary N) is 1. The van der Waals surface area contributed by atoms with Gasteiger partial charge in [0.15, 0.2) is 6.10 Å². The van der Waals surface area contributed by atoms with Crippen LogP contribution in [0.25, 0.3) is 21.8 Å². The van der Waals surface area contributed by atoms with E-state index in [4.69, 9.17) is 21.3 Å². The minimum absolute atomic E-state index is 0.213. The Morgan fingerprint density at radius 1 is 1.00 bits per heavy atom. The zero-order chi connectivity index (χ0) is 23.4. The highest BCUT2D eigenvalue weighted by Crippen LogP contribution is 2.33. The lowest BCUT2D eigenvalue weighted by Crippen LogP contribution is -2.30. The lowest BCUT2D eigenvalue weighted by Gasteiger charge is -2.16. The molecule has 1 heterocycles. The van der Waals surface area contributed by atoms with Crippen LogP contribution in [-0.4, -0.2) is 17.0 Å². The van der Waals surface area contributed by atoms with E-state index in [0.717, 1.165) is 21.8 Å². The summed E-state index contributed by atoms with van der Waals surface area (Å²) in [5.74, 6) is 0.908. The number of nitrogens with zero attached hydrogens (tertiary/aromatic N) is 1. The topological polar surface area (TPSA) is 51.2 Å². The largest absolute Gasteiger partial charge is 0.481 e. The Kier molecular flexibility index (Phi) is 7.11. The van der Waals surface area contributed by atoms with Crippen LogP contribution in [0.15, 0.2) is 78.2 Å². The number of hydrogen-bond acceptors (Lipinski definition) is 4. The Labute approximate surface area is 203 Å². The summed E-state index contributed by atoms with van der Waals surface area (Å²) in [5, 5.41) is 6.46. The van der Waals surface area contributed by atoms with Gasteiger partial charge in [-0.1, -0.05) is 67.9 Å². The van der Waals surface area contributed by atoms with Gasteiger partial charge in [-0.15, -0.1) is 11.3 Å². The van der Waals surface area contributed by atoms with E-state index >= 15 is 0 Å². The molecule has 4 aromatic rings. The van der Waals surface area contributed by atoms with Gasteiger partial charge in [-0.05, 0) is 48.7 Å². The minimum Gasteiger partial charge on any atom is -0.481 e. The minimum atomic E-state index is -0.635. The molecule has 0 radical (unpaired) electrons. The first-order chi connectivity index (χ1) is 15.9. The molecule has 33 heavy (non-hydrogen) atoms. The van der Waals surface area contributed by atoms with E-state index < -0.39 is 6.10 Å². The molecule has 0 saturated carbocycles. The number of hydrogen-bond donors (Lipinski definition) is 1. The summed E-state index contributed by atoms with van der Waals surface area (Å²) in [6.07, 6.45) is -0.635. The first-order valence-electron chi connectivity index (χ1n) is 10.8. The monoisotopic (exact) mass is 476 g/mol. The molecule has 0 saturated heterocycles. The third-order valence-electron chi connectivity index (χ3n) is 5.26. The van der Waals surface area contributed by atoms with Crippen LogP contribution in [0.5, 0.6) is 5.75 Å². The third-order valence-corrected chi connectivity index (χ3v) is 6.47. The van der Waals surface area contributed by atoms with Crippen LogP contribution < -0.4 is 10.1 Å². The SMILES string of the molecule is CC(Oc1ccc(C(C)C)cc1)C(=O)Nc1cccc(-c2csc(-c3ccccc3Cl)n2)c1. The predicted octanol–water partition coefficient (Wildman–Crippen LogP) is 7.66. The molecular formula is C27H25ClN2O2S. The molecule has 0 spiro atoms. The number of anilines is 1. The molecule has 0 bridgehead atoms. The number of aromatic nitrogens is 1. The van der Waals surface area contributed by atoms with Crippen LogP contribution in [0, 0.1) is 0 Å². The molecule has 1 atom stereocenters. The zero-order valence-electron chi connectivity index (χ0n) is 18.7. The standard InChI is InChI=1S/C27H25ClN2O2S/c1-17(2)19-11-13-22(14-12-19)32-18(3)26(31)29-21-8-6-7-20(15-21)25-16-33-27(30-25)23-9-4-5-10-24(23)28/h4-18H,1-3H3,(H,29,31). The van der Waals surface area contributed by atoms with Crippen molar-refractivity contribution in [2.45, 2.75) is 32.8 Å². The Bertz CT molecular complexity index is 1250. The first kappa shape index (κ1) is 23.0. The molecule has 168 valence electrons. The van der Waals surface area contributed by atoms with E-state index in [0.29, 0.717) is 22.4 Å². The smallest absolute Gasteiger partial charge is 0.265 e. The molecule has 6 heteroatoms. The van der Waals surface area contributed by atoms with Crippen molar-refractivity contribution in [3.8, 4) is 27.6 Å². The molecule has 3 aromatic carbocycles. The van der Waals surface area contributed by atoms with E-state index in [-0.39, 0.29) is 5.91 Å². The van der Waals surface area contributed by atoms with E-state index in [2.05, 4.69) is 19.2 Å². The van der Waals surface area contributed by atoms with Gasteiger partial charge in [0, 0.05) is 22.2 Å². The molecule has 1 unspecified atom stereocenters. The lowest BCUT2D eigenvalue weighted by molar-refractivity contribution is -0.122. The van der Waals surface area contributed by atoms with Gasteiger partial charge in [-0.3, -0.25) is 4.79 Å². The highest BCUT2D eigenvalue weighted by molar-refractivity contribution is 7.13. The third kappa shape index (κ3) is 5.62. The molecule has 1 aromatic heterocycles. The van der Waals surface area contributed by atoms with Gasteiger partial charge >= 0.3 is 0 Å². The average Bonchev–Trinajstić information content (AvgIpc) is 3.30. The fourth-order valence-corrected chi connectivity index (χ4v) is 4.50. The van der Waals surface area contributed by atoms with Crippen LogP contribution >= 0.6 is 22.9 Å². The number of benzene rings is 3. The Hall–Kier alpha value is -3.15. The normalized spacial score (nSPS) is 11.9. The van der Waals surface area contributed by atoms with Crippen LogP contribution in [0.2, 0.25) is 5.02 Å². The maximum absolute atomic E-state index is 12.7. The van der Waals surface area contributed by atoms with Gasteiger partial charge in [0.1, 0.15) is 10.8 Å². The van der Waals surface area contributed by atoms with Crippen molar-refractivity contribution in [3.63, 3.8) is 0 Å². The molecule has 4 nitrogen and oxygen atoms in total.